The highest BCUT2D eigenvalue weighted by atomic mass is 16.3. The predicted octanol–water partition coefficient (Wildman–Crippen LogP) is 1.01. The monoisotopic (exact) mass is 343 g/mol. The maximum absolute atomic E-state index is 13.0. The van der Waals surface area contributed by atoms with Crippen molar-refractivity contribution in [2.75, 3.05) is 32.7 Å². The number of aliphatic hydroxyl groups is 1. The summed E-state index contributed by atoms with van der Waals surface area (Å²) in [7, 11) is 1.82. The molecule has 1 fully saturated rings. The average Bonchev–Trinajstić information content (AvgIpc) is 2.96. The van der Waals surface area contributed by atoms with Crippen LogP contribution >= 0.6 is 0 Å². The molecule has 1 aliphatic heterocycles. The average molecular weight is 343 g/mol. The van der Waals surface area contributed by atoms with Gasteiger partial charge in [0.25, 0.3) is 5.91 Å². The van der Waals surface area contributed by atoms with E-state index in [4.69, 9.17) is 0 Å². The zero-order valence-electron chi connectivity index (χ0n) is 15.0. The quantitative estimate of drug-likeness (QED) is 0.897. The Morgan fingerprint density at radius 1 is 1.28 bits per heavy atom. The number of pyridine rings is 1. The van der Waals surface area contributed by atoms with Crippen LogP contribution in [0.4, 0.5) is 0 Å². The molecule has 1 saturated heterocycles. The van der Waals surface area contributed by atoms with E-state index in [0.29, 0.717) is 30.9 Å². The summed E-state index contributed by atoms with van der Waals surface area (Å²) < 4.78 is 1.67. The van der Waals surface area contributed by atoms with Crippen molar-refractivity contribution in [2.45, 2.75) is 19.4 Å². The molecule has 2 aromatic heterocycles. The fourth-order valence-corrected chi connectivity index (χ4v) is 3.19. The molecule has 0 spiro atoms. The van der Waals surface area contributed by atoms with Crippen LogP contribution < -0.4 is 0 Å². The number of aromatic nitrogens is 3. The Balaban J connectivity index is 1.73. The Hall–Kier alpha value is -2.25. The van der Waals surface area contributed by atoms with Gasteiger partial charge >= 0.3 is 0 Å². The minimum absolute atomic E-state index is 0.00476. The standard InChI is InChI=1S/C18H25N5O2/c1-18(2,25)13-22-7-9-23(10-8-22)17(24)15-12-21(3)20-16(15)14-5-4-6-19-11-14/h4-6,11-12,25H,7-10,13H2,1-3H3. The molecule has 0 atom stereocenters. The van der Waals surface area contributed by atoms with E-state index in [1.165, 1.54) is 0 Å². The Morgan fingerprint density at radius 2 is 2.00 bits per heavy atom. The van der Waals surface area contributed by atoms with Gasteiger partial charge in [0, 0.05) is 63.9 Å². The van der Waals surface area contributed by atoms with Gasteiger partial charge in [0.1, 0.15) is 5.69 Å². The van der Waals surface area contributed by atoms with Gasteiger partial charge in [-0.25, -0.2) is 0 Å². The lowest BCUT2D eigenvalue weighted by molar-refractivity contribution is 0.0179. The van der Waals surface area contributed by atoms with E-state index >= 15 is 0 Å². The van der Waals surface area contributed by atoms with Crippen LogP contribution in [0, 0.1) is 0 Å². The van der Waals surface area contributed by atoms with E-state index in [1.54, 1.807) is 37.1 Å². The van der Waals surface area contributed by atoms with Crippen molar-refractivity contribution in [1.82, 2.24) is 24.6 Å². The van der Waals surface area contributed by atoms with Crippen LogP contribution in [0.5, 0.6) is 0 Å². The summed E-state index contributed by atoms with van der Waals surface area (Å²) in [6, 6.07) is 3.75. The number of β-amino-alcohol motifs (C(OH)–C–C–N with tert-alkyl or cyclic N) is 1. The SMILES string of the molecule is Cn1cc(C(=O)N2CCN(CC(C)(C)O)CC2)c(-c2cccnc2)n1. The van der Waals surface area contributed by atoms with Crippen molar-refractivity contribution in [3.8, 4) is 11.3 Å². The maximum Gasteiger partial charge on any atom is 0.257 e. The van der Waals surface area contributed by atoms with Gasteiger partial charge < -0.3 is 10.0 Å². The second-order valence-corrected chi connectivity index (χ2v) is 7.19. The lowest BCUT2D eigenvalue weighted by Gasteiger charge is -2.37. The van der Waals surface area contributed by atoms with E-state index in [2.05, 4.69) is 15.0 Å². The van der Waals surface area contributed by atoms with Gasteiger partial charge in [-0.2, -0.15) is 5.10 Å². The number of piperazine rings is 1. The zero-order valence-corrected chi connectivity index (χ0v) is 15.0. The highest BCUT2D eigenvalue weighted by molar-refractivity contribution is 5.99. The summed E-state index contributed by atoms with van der Waals surface area (Å²) in [5.74, 6) is -0.00476. The van der Waals surface area contributed by atoms with E-state index in [-0.39, 0.29) is 5.91 Å². The molecule has 7 heteroatoms. The summed E-state index contributed by atoms with van der Waals surface area (Å²) >= 11 is 0. The van der Waals surface area contributed by atoms with E-state index < -0.39 is 5.60 Å². The van der Waals surface area contributed by atoms with Gasteiger partial charge in [-0.3, -0.25) is 19.4 Å². The summed E-state index contributed by atoms with van der Waals surface area (Å²) in [6.45, 7) is 7.05. The fraction of sp³-hybridized carbons (Fsp3) is 0.500. The van der Waals surface area contributed by atoms with Crippen LogP contribution in [-0.4, -0.2) is 73.9 Å². The maximum atomic E-state index is 13.0. The lowest BCUT2D eigenvalue weighted by Crippen LogP contribution is -2.52. The summed E-state index contributed by atoms with van der Waals surface area (Å²) in [5, 5.41) is 14.4. The van der Waals surface area contributed by atoms with Gasteiger partial charge in [0.2, 0.25) is 0 Å². The van der Waals surface area contributed by atoms with Crippen LogP contribution in [0.2, 0.25) is 0 Å². The number of rotatable bonds is 4. The normalized spacial score (nSPS) is 16.2. The first-order valence-corrected chi connectivity index (χ1v) is 8.51. The molecule has 0 bridgehead atoms. The highest BCUT2D eigenvalue weighted by Gasteiger charge is 2.28. The Bertz CT molecular complexity index is 728. The molecular formula is C18H25N5O2. The summed E-state index contributed by atoms with van der Waals surface area (Å²) in [6.07, 6.45) is 5.20. The molecule has 0 radical (unpaired) electrons. The summed E-state index contributed by atoms with van der Waals surface area (Å²) in [5.41, 5.74) is 1.39. The Morgan fingerprint density at radius 3 is 2.60 bits per heavy atom. The number of carbonyl (C=O) groups is 1. The minimum Gasteiger partial charge on any atom is -0.389 e. The van der Waals surface area contributed by atoms with Gasteiger partial charge in [0.15, 0.2) is 0 Å². The van der Waals surface area contributed by atoms with Gasteiger partial charge in [-0.1, -0.05) is 0 Å². The molecule has 0 unspecified atom stereocenters. The zero-order chi connectivity index (χ0) is 18.0. The molecule has 1 aliphatic rings. The molecule has 1 N–H and O–H groups in total. The topological polar surface area (TPSA) is 74.5 Å². The van der Waals surface area contributed by atoms with E-state index in [1.807, 2.05) is 24.1 Å². The molecule has 25 heavy (non-hydrogen) atoms. The molecule has 2 aromatic rings. The van der Waals surface area contributed by atoms with Gasteiger partial charge in [0.05, 0.1) is 11.2 Å². The van der Waals surface area contributed by atoms with Crippen molar-refractivity contribution in [3.05, 3.63) is 36.3 Å². The van der Waals surface area contributed by atoms with E-state index in [9.17, 15) is 9.90 Å². The van der Waals surface area contributed by atoms with E-state index in [0.717, 1.165) is 18.7 Å². The van der Waals surface area contributed by atoms with Crippen molar-refractivity contribution in [2.24, 2.45) is 7.05 Å². The minimum atomic E-state index is -0.719. The number of aryl methyl sites for hydroxylation is 1. The largest absolute Gasteiger partial charge is 0.389 e. The second-order valence-electron chi connectivity index (χ2n) is 7.19. The van der Waals surface area contributed by atoms with Crippen molar-refractivity contribution in [1.29, 1.82) is 0 Å². The van der Waals surface area contributed by atoms with Crippen LogP contribution in [0.3, 0.4) is 0 Å². The van der Waals surface area contributed by atoms with Gasteiger partial charge in [-0.15, -0.1) is 0 Å². The Kier molecular flexibility index (Phi) is 4.87. The molecule has 0 aromatic carbocycles. The van der Waals surface area contributed by atoms with Crippen LogP contribution in [0.15, 0.2) is 30.7 Å². The van der Waals surface area contributed by atoms with Gasteiger partial charge in [-0.05, 0) is 26.0 Å². The number of hydrogen-bond acceptors (Lipinski definition) is 5. The fourth-order valence-electron chi connectivity index (χ4n) is 3.19. The molecule has 3 heterocycles. The second kappa shape index (κ2) is 6.93. The first-order valence-electron chi connectivity index (χ1n) is 8.51. The molecule has 0 aliphatic carbocycles. The number of carbonyl (C=O) groups excluding carboxylic acids is 1. The third kappa shape index (κ3) is 4.24. The number of amides is 1. The molecule has 7 nitrogen and oxygen atoms in total. The lowest BCUT2D eigenvalue weighted by atomic mass is 10.1. The Labute approximate surface area is 147 Å². The first-order chi connectivity index (χ1) is 11.8. The van der Waals surface area contributed by atoms with Crippen LogP contribution in [0.1, 0.15) is 24.2 Å². The molecule has 1 amide bonds. The smallest absolute Gasteiger partial charge is 0.257 e. The van der Waals surface area contributed by atoms with Crippen LogP contribution in [0.25, 0.3) is 11.3 Å². The predicted molar refractivity (Wildman–Crippen MR) is 95.1 cm³/mol. The highest BCUT2D eigenvalue weighted by Crippen LogP contribution is 2.23. The van der Waals surface area contributed by atoms with Crippen LogP contribution in [-0.2, 0) is 7.05 Å². The molecular weight excluding hydrogens is 318 g/mol. The summed E-state index contributed by atoms with van der Waals surface area (Å²) in [4.78, 5) is 21.2. The van der Waals surface area contributed by atoms with Crippen molar-refractivity contribution >= 4 is 5.91 Å². The number of nitrogens with zero attached hydrogens (tertiary/aromatic N) is 5. The molecule has 0 saturated carbocycles. The first kappa shape index (κ1) is 17.6. The third-order valence-electron chi connectivity index (χ3n) is 4.26. The third-order valence-corrected chi connectivity index (χ3v) is 4.26. The number of hydrogen-bond donors (Lipinski definition) is 1. The molecule has 3 rings (SSSR count). The van der Waals surface area contributed by atoms with Crippen molar-refractivity contribution < 1.29 is 9.90 Å². The van der Waals surface area contributed by atoms with Crippen molar-refractivity contribution in [3.63, 3.8) is 0 Å². The molecule has 134 valence electrons.